The van der Waals surface area contributed by atoms with E-state index in [1.165, 1.54) is 7.11 Å². The van der Waals surface area contributed by atoms with Crippen LogP contribution in [0.5, 0.6) is 11.6 Å². The molecule has 0 aliphatic carbocycles. The third-order valence-corrected chi connectivity index (χ3v) is 5.24. The summed E-state index contributed by atoms with van der Waals surface area (Å²) in [6, 6.07) is 21.4. The average Bonchev–Trinajstić information content (AvgIpc) is 3.43. The molecule has 0 atom stereocenters. The Morgan fingerprint density at radius 3 is 2.58 bits per heavy atom. The number of carbonyl (C=O) groups is 1. The molecule has 0 fully saturated rings. The SMILES string of the molecule is COCC(=O)N(Cc1ccco1)Cc1c(-c2ccccc2)nn(C)c1Oc1cccc(C)c1. The highest BCUT2D eigenvalue weighted by Crippen LogP contribution is 2.34. The van der Waals surface area contributed by atoms with Crippen LogP contribution in [-0.4, -0.2) is 34.3 Å². The van der Waals surface area contributed by atoms with Crippen molar-refractivity contribution in [3.8, 4) is 22.9 Å². The predicted octanol–water partition coefficient (Wildman–Crippen LogP) is 4.96. The number of hydrogen-bond acceptors (Lipinski definition) is 5. The third-order valence-electron chi connectivity index (χ3n) is 5.24. The van der Waals surface area contributed by atoms with Crippen molar-refractivity contribution >= 4 is 5.91 Å². The lowest BCUT2D eigenvalue weighted by atomic mass is 10.1. The number of nitrogens with zero attached hydrogens (tertiary/aromatic N) is 3. The first kappa shape index (κ1) is 22.4. The van der Waals surface area contributed by atoms with E-state index in [-0.39, 0.29) is 19.1 Å². The molecular formula is C26H27N3O4. The molecule has 0 N–H and O–H groups in total. The van der Waals surface area contributed by atoms with Crippen molar-refractivity contribution in [3.63, 3.8) is 0 Å². The van der Waals surface area contributed by atoms with Gasteiger partial charge in [0, 0.05) is 19.7 Å². The van der Waals surface area contributed by atoms with Gasteiger partial charge in [-0.2, -0.15) is 5.10 Å². The second-order valence-electron chi connectivity index (χ2n) is 7.80. The van der Waals surface area contributed by atoms with Crippen molar-refractivity contribution < 1.29 is 18.7 Å². The number of aryl methyl sites for hydroxylation is 2. The monoisotopic (exact) mass is 445 g/mol. The summed E-state index contributed by atoms with van der Waals surface area (Å²) >= 11 is 0. The Morgan fingerprint density at radius 1 is 1.06 bits per heavy atom. The van der Waals surface area contributed by atoms with Gasteiger partial charge in [-0.3, -0.25) is 4.79 Å². The topological polar surface area (TPSA) is 69.7 Å². The second-order valence-corrected chi connectivity index (χ2v) is 7.80. The minimum atomic E-state index is -0.154. The highest BCUT2D eigenvalue weighted by molar-refractivity contribution is 5.78. The number of amides is 1. The molecule has 0 saturated heterocycles. The van der Waals surface area contributed by atoms with E-state index in [1.54, 1.807) is 21.9 Å². The average molecular weight is 446 g/mol. The van der Waals surface area contributed by atoms with E-state index in [0.29, 0.717) is 23.9 Å². The summed E-state index contributed by atoms with van der Waals surface area (Å²) in [4.78, 5) is 14.6. The Kier molecular flexibility index (Phi) is 6.90. The van der Waals surface area contributed by atoms with E-state index in [4.69, 9.17) is 19.0 Å². The van der Waals surface area contributed by atoms with Crippen molar-refractivity contribution in [2.45, 2.75) is 20.0 Å². The van der Waals surface area contributed by atoms with Crippen molar-refractivity contribution in [1.29, 1.82) is 0 Å². The fourth-order valence-electron chi connectivity index (χ4n) is 3.67. The molecule has 4 aromatic rings. The predicted molar refractivity (Wildman–Crippen MR) is 125 cm³/mol. The van der Waals surface area contributed by atoms with Gasteiger partial charge in [0.1, 0.15) is 23.8 Å². The Hall–Kier alpha value is -3.84. The number of furan rings is 1. The van der Waals surface area contributed by atoms with E-state index in [2.05, 4.69) is 0 Å². The lowest BCUT2D eigenvalue weighted by molar-refractivity contribution is -0.136. The number of methoxy groups -OCH3 is 1. The Bertz CT molecular complexity index is 1200. The van der Waals surface area contributed by atoms with E-state index in [1.807, 2.05) is 74.6 Å². The molecule has 0 saturated carbocycles. The van der Waals surface area contributed by atoms with Crippen molar-refractivity contribution in [2.75, 3.05) is 13.7 Å². The molecule has 2 aromatic carbocycles. The summed E-state index contributed by atoms with van der Waals surface area (Å²) < 4.78 is 18.7. The van der Waals surface area contributed by atoms with Crippen molar-refractivity contribution in [2.24, 2.45) is 7.05 Å². The zero-order valence-corrected chi connectivity index (χ0v) is 19.0. The van der Waals surface area contributed by atoms with Gasteiger partial charge in [0.2, 0.25) is 11.8 Å². The van der Waals surface area contributed by atoms with Gasteiger partial charge in [-0.15, -0.1) is 0 Å². The maximum absolute atomic E-state index is 12.9. The van der Waals surface area contributed by atoms with Crippen LogP contribution in [0.1, 0.15) is 16.9 Å². The van der Waals surface area contributed by atoms with Crippen LogP contribution in [0.3, 0.4) is 0 Å². The number of hydrogen-bond donors (Lipinski definition) is 0. The summed E-state index contributed by atoms with van der Waals surface area (Å²) in [5.41, 5.74) is 3.60. The summed E-state index contributed by atoms with van der Waals surface area (Å²) in [6.07, 6.45) is 1.60. The van der Waals surface area contributed by atoms with Gasteiger partial charge in [-0.1, -0.05) is 42.5 Å². The summed E-state index contributed by atoms with van der Waals surface area (Å²) in [5.74, 6) is 1.82. The highest BCUT2D eigenvalue weighted by Gasteiger charge is 2.25. The Labute approximate surface area is 193 Å². The van der Waals surface area contributed by atoms with E-state index in [9.17, 15) is 4.79 Å². The van der Waals surface area contributed by atoms with Crippen LogP contribution in [-0.2, 0) is 29.7 Å². The lowest BCUT2D eigenvalue weighted by Gasteiger charge is -2.22. The first-order chi connectivity index (χ1) is 16.0. The standard InChI is InChI=1S/C26H27N3O4/c1-19-9-7-12-21(15-19)33-26-23(25(27-28(26)2)20-10-5-4-6-11-20)17-29(24(30)18-31-3)16-22-13-8-14-32-22/h4-15H,16-18H2,1-3H3. The van der Waals surface area contributed by atoms with Crippen LogP contribution in [0, 0.1) is 6.92 Å². The molecular weight excluding hydrogens is 418 g/mol. The van der Waals surface area contributed by atoms with Gasteiger partial charge >= 0.3 is 0 Å². The van der Waals surface area contributed by atoms with Crippen LogP contribution in [0.25, 0.3) is 11.3 Å². The molecule has 7 nitrogen and oxygen atoms in total. The molecule has 170 valence electrons. The molecule has 4 rings (SSSR count). The smallest absolute Gasteiger partial charge is 0.249 e. The molecule has 0 spiro atoms. The molecule has 0 radical (unpaired) electrons. The first-order valence-electron chi connectivity index (χ1n) is 10.7. The minimum absolute atomic E-state index is 0.0320. The number of benzene rings is 2. The molecule has 2 heterocycles. The Balaban J connectivity index is 1.76. The van der Waals surface area contributed by atoms with Crippen LogP contribution >= 0.6 is 0 Å². The minimum Gasteiger partial charge on any atom is -0.467 e. The largest absolute Gasteiger partial charge is 0.467 e. The van der Waals surface area contributed by atoms with E-state index in [0.717, 1.165) is 22.4 Å². The number of ether oxygens (including phenoxy) is 2. The van der Waals surface area contributed by atoms with Gasteiger partial charge < -0.3 is 18.8 Å². The fraction of sp³-hybridized carbons (Fsp3) is 0.231. The Morgan fingerprint density at radius 2 is 1.88 bits per heavy atom. The van der Waals surface area contributed by atoms with Crippen molar-refractivity contribution in [1.82, 2.24) is 14.7 Å². The van der Waals surface area contributed by atoms with Gasteiger partial charge in [-0.05, 0) is 36.8 Å². The van der Waals surface area contributed by atoms with Crippen LogP contribution in [0.15, 0.2) is 77.4 Å². The van der Waals surface area contributed by atoms with Crippen LogP contribution in [0.2, 0.25) is 0 Å². The van der Waals surface area contributed by atoms with Crippen molar-refractivity contribution in [3.05, 3.63) is 89.9 Å². The highest BCUT2D eigenvalue weighted by atomic mass is 16.5. The molecule has 0 unspecified atom stereocenters. The summed E-state index contributed by atoms with van der Waals surface area (Å²) in [7, 11) is 3.35. The van der Waals surface area contributed by atoms with Gasteiger partial charge in [0.25, 0.3) is 0 Å². The maximum Gasteiger partial charge on any atom is 0.249 e. The van der Waals surface area contributed by atoms with E-state index < -0.39 is 0 Å². The maximum atomic E-state index is 12.9. The van der Waals surface area contributed by atoms with Crippen LogP contribution < -0.4 is 4.74 Å². The molecule has 2 aromatic heterocycles. The molecule has 0 bridgehead atoms. The third kappa shape index (κ3) is 5.32. The number of aromatic nitrogens is 2. The zero-order valence-electron chi connectivity index (χ0n) is 19.0. The molecule has 0 aliphatic rings. The summed E-state index contributed by atoms with van der Waals surface area (Å²) in [6.45, 7) is 2.57. The van der Waals surface area contributed by atoms with E-state index >= 15 is 0 Å². The first-order valence-corrected chi connectivity index (χ1v) is 10.7. The molecule has 33 heavy (non-hydrogen) atoms. The van der Waals surface area contributed by atoms with Gasteiger partial charge in [0.15, 0.2) is 0 Å². The van der Waals surface area contributed by atoms with Gasteiger partial charge in [0.05, 0.1) is 24.9 Å². The molecule has 1 amide bonds. The lowest BCUT2D eigenvalue weighted by Crippen LogP contribution is -2.33. The fourth-order valence-corrected chi connectivity index (χ4v) is 3.67. The summed E-state index contributed by atoms with van der Waals surface area (Å²) in [5, 5.41) is 4.75. The van der Waals surface area contributed by atoms with Gasteiger partial charge in [-0.25, -0.2) is 4.68 Å². The second kappa shape index (κ2) is 10.2. The normalized spacial score (nSPS) is 10.9. The molecule has 7 heteroatoms. The molecule has 0 aliphatic heterocycles. The quantitative estimate of drug-likeness (QED) is 0.364. The number of carbonyl (C=O) groups excluding carboxylic acids is 1. The van der Waals surface area contributed by atoms with Crippen LogP contribution in [0.4, 0.5) is 0 Å². The number of rotatable bonds is 9. The zero-order chi connectivity index (χ0) is 23.2.